The summed E-state index contributed by atoms with van der Waals surface area (Å²) < 4.78 is 0. The highest BCUT2D eigenvalue weighted by Gasteiger charge is 2.28. The number of benzene rings is 2. The minimum Gasteiger partial charge on any atom is -0.394 e. The van der Waals surface area contributed by atoms with Crippen molar-refractivity contribution < 1.29 is 9.90 Å². The lowest BCUT2D eigenvalue weighted by Gasteiger charge is -2.30. The minimum absolute atomic E-state index is 0.0404. The fourth-order valence-electron chi connectivity index (χ4n) is 3.35. The molecular formula is C23H30N3O2. The van der Waals surface area contributed by atoms with Gasteiger partial charge in [-0.15, -0.1) is 0 Å². The molecule has 0 aliphatic carbocycles. The highest BCUT2D eigenvalue weighted by atomic mass is 16.3. The van der Waals surface area contributed by atoms with Crippen molar-refractivity contribution in [2.45, 2.75) is 39.8 Å². The van der Waals surface area contributed by atoms with Crippen LogP contribution >= 0.6 is 0 Å². The number of para-hydroxylation sites is 2. The Kier molecular flexibility index (Phi) is 6.25. The van der Waals surface area contributed by atoms with E-state index in [0.29, 0.717) is 13.0 Å². The van der Waals surface area contributed by atoms with E-state index < -0.39 is 0 Å². The molecule has 2 N–H and O–H groups in total. The Hall–Kier alpha value is -2.53. The second-order valence-electron chi connectivity index (χ2n) is 8.33. The van der Waals surface area contributed by atoms with Crippen LogP contribution in [0.25, 0.3) is 0 Å². The maximum atomic E-state index is 12.4. The highest BCUT2D eigenvalue weighted by molar-refractivity contribution is 5.81. The summed E-state index contributed by atoms with van der Waals surface area (Å²) in [6.07, 6.45) is 0.372. The van der Waals surface area contributed by atoms with E-state index in [4.69, 9.17) is 0 Å². The first-order valence-corrected chi connectivity index (χ1v) is 9.80. The number of amides is 1. The van der Waals surface area contributed by atoms with Crippen molar-refractivity contribution in [3.8, 4) is 0 Å². The normalized spacial score (nSPS) is 14.7. The summed E-state index contributed by atoms with van der Waals surface area (Å²) in [5, 5.41) is 12.5. The Bertz CT molecular complexity index is 786. The molecule has 1 heterocycles. The number of hydrogen-bond acceptors (Lipinski definition) is 4. The maximum absolute atomic E-state index is 12.4. The van der Waals surface area contributed by atoms with Crippen LogP contribution in [0.3, 0.4) is 0 Å². The SMILES string of the molecule is CC(C)(C)[C@@H](CO)NC(=O)CCN1[CH]N(Cc2ccccc2)c2ccccc21. The molecule has 1 amide bonds. The molecule has 5 nitrogen and oxygen atoms in total. The molecule has 0 bridgehead atoms. The van der Waals surface area contributed by atoms with Crippen LogP contribution in [0.15, 0.2) is 54.6 Å². The Morgan fingerprint density at radius 3 is 2.21 bits per heavy atom. The van der Waals surface area contributed by atoms with E-state index in [2.05, 4.69) is 46.1 Å². The average Bonchev–Trinajstić information content (AvgIpc) is 3.02. The van der Waals surface area contributed by atoms with Crippen molar-refractivity contribution in [3.05, 3.63) is 66.8 Å². The van der Waals surface area contributed by atoms with Crippen LogP contribution in [-0.2, 0) is 11.3 Å². The van der Waals surface area contributed by atoms with Crippen LogP contribution in [0.5, 0.6) is 0 Å². The van der Waals surface area contributed by atoms with Gasteiger partial charge < -0.3 is 20.2 Å². The maximum Gasteiger partial charge on any atom is 0.222 e. The Labute approximate surface area is 168 Å². The number of carbonyl (C=O) groups is 1. The first-order chi connectivity index (χ1) is 13.4. The Morgan fingerprint density at radius 2 is 1.61 bits per heavy atom. The monoisotopic (exact) mass is 380 g/mol. The second-order valence-corrected chi connectivity index (χ2v) is 8.33. The van der Waals surface area contributed by atoms with E-state index in [9.17, 15) is 9.90 Å². The minimum atomic E-state index is -0.246. The first kappa shape index (κ1) is 20.2. The number of fused-ring (bicyclic) bond motifs is 1. The summed E-state index contributed by atoms with van der Waals surface area (Å²) in [7, 11) is 0. The number of rotatable bonds is 7. The summed E-state index contributed by atoms with van der Waals surface area (Å²) in [4.78, 5) is 16.8. The predicted molar refractivity (Wildman–Crippen MR) is 114 cm³/mol. The zero-order valence-electron chi connectivity index (χ0n) is 16.9. The largest absolute Gasteiger partial charge is 0.394 e. The summed E-state index contributed by atoms with van der Waals surface area (Å²) in [5.74, 6) is -0.0404. The van der Waals surface area contributed by atoms with E-state index in [1.165, 1.54) is 5.56 Å². The molecule has 3 rings (SSSR count). The molecule has 2 aromatic rings. The number of nitrogens with zero attached hydrogens (tertiary/aromatic N) is 2. The number of hydrogen-bond donors (Lipinski definition) is 2. The number of aliphatic hydroxyl groups is 1. The molecule has 0 spiro atoms. The van der Waals surface area contributed by atoms with Crippen molar-refractivity contribution in [1.82, 2.24) is 5.32 Å². The number of nitrogens with one attached hydrogen (secondary N) is 1. The van der Waals surface area contributed by atoms with Crippen molar-refractivity contribution >= 4 is 17.3 Å². The van der Waals surface area contributed by atoms with Gasteiger partial charge in [0.15, 0.2) is 0 Å². The predicted octanol–water partition coefficient (Wildman–Crippen LogP) is 3.55. The Balaban J connectivity index is 1.62. The van der Waals surface area contributed by atoms with Crippen LogP contribution in [0.4, 0.5) is 11.4 Å². The molecule has 149 valence electrons. The third-order valence-electron chi connectivity index (χ3n) is 5.12. The summed E-state index contributed by atoms with van der Waals surface area (Å²) >= 11 is 0. The van der Waals surface area contributed by atoms with E-state index in [-0.39, 0.29) is 24.0 Å². The van der Waals surface area contributed by atoms with Gasteiger partial charge in [0.25, 0.3) is 0 Å². The third kappa shape index (κ3) is 4.84. The van der Waals surface area contributed by atoms with E-state index in [1.54, 1.807) is 0 Å². The molecule has 1 aliphatic heterocycles. The zero-order valence-corrected chi connectivity index (χ0v) is 16.9. The first-order valence-electron chi connectivity index (χ1n) is 9.80. The molecule has 0 saturated heterocycles. The fraction of sp³-hybridized carbons (Fsp3) is 0.391. The average molecular weight is 381 g/mol. The van der Waals surface area contributed by atoms with Crippen LogP contribution in [-0.4, -0.2) is 30.2 Å². The molecule has 1 aliphatic rings. The zero-order chi connectivity index (χ0) is 20.1. The molecule has 1 radical (unpaired) electrons. The van der Waals surface area contributed by atoms with Gasteiger partial charge in [0.1, 0.15) is 6.67 Å². The number of anilines is 2. The lowest BCUT2D eigenvalue weighted by Crippen LogP contribution is -2.46. The van der Waals surface area contributed by atoms with Gasteiger partial charge in [0, 0.05) is 19.5 Å². The summed E-state index contributed by atoms with van der Waals surface area (Å²) in [5.41, 5.74) is 3.32. The van der Waals surface area contributed by atoms with Crippen LogP contribution in [0, 0.1) is 12.1 Å². The van der Waals surface area contributed by atoms with Crippen molar-refractivity contribution in [1.29, 1.82) is 0 Å². The lowest BCUT2D eigenvalue weighted by atomic mass is 9.87. The second kappa shape index (κ2) is 8.65. The summed E-state index contributed by atoms with van der Waals surface area (Å²) in [6.45, 7) is 9.45. The van der Waals surface area contributed by atoms with Crippen LogP contribution in [0.1, 0.15) is 32.8 Å². The number of carbonyl (C=O) groups excluding carboxylic acids is 1. The highest BCUT2D eigenvalue weighted by Crippen LogP contribution is 2.38. The molecule has 28 heavy (non-hydrogen) atoms. The van der Waals surface area contributed by atoms with Crippen LogP contribution < -0.4 is 15.1 Å². The van der Waals surface area contributed by atoms with Crippen molar-refractivity contribution in [3.63, 3.8) is 0 Å². The van der Waals surface area contributed by atoms with Crippen molar-refractivity contribution in [2.24, 2.45) is 5.41 Å². The van der Waals surface area contributed by atoms with Gasteiger partial charge in [-0.3, -0.25) is 4.79 Å². The lowest BCUT2D eigenvalue weighted by molar-refractivity contribution is -0.122. The molecule has 0 unspecified atom stereocenters. The molecule has 2 aromatic carbocycles. The molecule has 0 saturated carbocycles. The van der Waals surface area contributed by atoms with Gasteiger partial charge in [0.05, 0.1) is 24.0 Å². The number of aliphatic hydroxyl groups excluding tert-OH is 1. The fourth-order valence-corrected chi connectivity index (χ4v) is 3.35. The molecule has 0 aromatic heterocycles. The molecule has 1 atom stereocenters. The smallest absolute Gasteiger partial charge is 0.222 e. The van der Waals surface area contributed by atoms with Gasteiger partial charge in [-0.1, -0.05) is 63.2 Å². The standard InChI is InChI=1S/C23H30N3O2/c1-23(2,3)21(16-27)24-22(28)13-14-25-17-26(15-18-9-5-4-6-10-18)20-12-8-7-11-19(20)25/h4-12,17,21,27H,13-16H2,1-3H3,(H,24,28)/t21-/m1/s1. The van der Waals surface area contributed by atoms with Crippen molar-refractivity contribution in [2.75, 3.05) is 23.0 Å². The Morgan fingerprint density at radius 1 is 1.00 bits per heavy atom. The van der Waals surface area contributed by atoms with E-state index in [0.717, 1.165) is 17.9 Å². The van der Waals surface area contributed by atoms with Gasteiger partial charge in [-0.05, 0) is 23.1 Å². The topological polar surface area (TPSA) is 55.8 Å². The van der Waals surface area contributed by atoms with Gasteiger partial charge in [-0.25, -0.2) is 0 Å². The molecular weight excluding hydrogens is 350 g/mol. The van der Waals surface area contributed by atoms with Gasteiger partial charge in [0.2, 0.25) is 5.91 Å². The molecule has 5 heteroatoms. The van der Waals surface area contributed by atoms with Crippen LogP contribution in [0.2, 0.25) is 0 Å². The van der Waals surface area contributed by atoms with E-state index >= 15 is 0 Å². The summed E-state index contributed by atoms with van der Waals surface area (Å²) in [6, 6.07) is 18.4. The third-order valence-corrected chi connectivity index (χ3v) is 5.12. The van der Waals surface area contributed by atoms with Gasteiger partial charge in [-0.2, -0.15) is 0 Å². The quantitative estimate of drug-likeness (QED) is 0.771. The van der Waals surface area contributed by atoms with Gasteiger partial charge >= 0.3 is 0 Å². The molecule has 0 fully saturated rings. The van der Waals surface area contributed by atoms with E-state index in [1.807, 2.05) is 51.1 Å².